The molecule has 0 spiro atoms. The number of carbonyl (C=O) groups is 1. The number of hydrogen-bond donors (Lipinski definition) is 1. The van der Waals surface area contributed by atoms with E-state index in [-0.39, 0.29) is 12.2 Å². The number of likely N-dealkylation sites (tertiary alicyclic amines) is 1. The lowest BCUT2D eigenvalue weighted by Crippen LogP contribution is -2.45. The Kier molecular flexibility index (Phi) is 5.48. The van der Waals surface area contributed by atoms with Crippen LogP contribution in [0.4, 0.5) is 10.5 Å². The second-order valence-electron chi connectivity index (χ2n) is 8.02. The van der Waals surface area contributed by atoms with Gasteiger partial charge in [0.15, 0.2) is 0 Å². The smallest absolute Gasteiger partial charge is 0.414 e. The monoisotopic (exact) mass is 396 g/mol. The first kappa shape index (κ1) is 19.7. The summed E-state index contributed by atoms with van der Waals surface area (Å²) in [5.74, 6) is 0.788. The number of methoxy groups -OCH3 is 1. The van der Waals surface area contributed by atoms with Gasteiger partial charge in [0.2, 0.25) is 0 Å². The zero-order valence-electron chi connectivity index (χ0n) is 17.0. The summed E-state index contributed by atoms with van der Waals surface area (Å²) in [5.41, 5.74) is 2.11. The molecule has 0 bridgehead atoms. The maximum Gasteiger partial charge on any atom is 0.414 e. The van der Waals surface area contributed by atoms with Crippen LogP contribution in [-0.4, -0.2) is 55.5 Å². The van der Waals surface area contributed by atoms with Crippen molar-refractivity contribution in [3.8, 4) is 5.75 Å². The van der Waals surface area contributed by atoms with E-state index < -0.39 is 5.60 Å². The lowest BCUT2D eigenvalue weighted by atomic mass is 9.84. The SMILES string of the molecule is COc1ccc(C2(O)CCN(CC3CN(c4cccc(C)c4)C(=O)O3)CC2)cc1. The fourth-order valence-corrected chi connectivity index (χ4v) is 4.21. The molecule has 0 radical (unpaired) electrons. The van der Waals surface area contributed by atoms with Gasteiger partial charge in [-0.25, -0.2) is 4.79 Å². The van der Waals surface area contributed by atoms with Crippen LogP contribution in [0.25, 0.3) is 0 Å². The number of amides is 1. The van der Waals surface area contributed by atoms with Gasteiger partial charge in [0.25, 0.3) is 0 Å². The minimum Gasteiger partial charge on any atom is -0.497 e. The van der Waals surface area contributed by atoms with Crippen LogP contribution in [0.2, 0.25) is 0 Å². The van der Waals surface area contributed by atoms with Crippen molar-refractivity contribution in [2.45, 2.75) is 31.5 Å². The lowest BCUT2D eigenvalue weighted by Gasteiger charge is -2.39. The van der Waals surface area contributed by atoms with Crippen LogP contribution in [0, 0.1) is 6.92 Å². The Bertz CT molecular complexity index is 859. The summed E-state index contributed by atoms with van der Waals surface area (Å²) in [5, 5.41) is 11.1. The first-order valence-corrected chi connectivity index (χ1v) is 10.1. The minimum absolute atomic E-state index is 0.157. The van der Waals surface area contributed by atoms with Gasteiger partial charge in [0, 0.05) is 25.3 Å². The fourth-order valence-electron chi connectivity index (χ4n) is 4.21. The van der Waals surface area contributed by atoms with Crippen molar-refractivity contribution in [1.82, 2.24) is 4.90 Å². The maximum atomic E-state index is 12.3. The Morgan fingerprint density at radius 1 is 1.17 bits per heavy atom. The normalized spacial score (nSPS) is 21.8. The van der Waals surface area contributed by atoms with Crippen molar-refractivity contribution in [3.05, 3.63) is 59.7 Å². The van der Waals surface area contributed by atoms with E-state index in [1.165, 1.54) is 0 Å². The number of ether oxygens (including phenoxy) is 2. The number of anilines is 1. The van der Waals surface area contributed by atoms with Crippen molar-refractivity contribution < 1.29 is 19.4 Å². The van der Waals surface area contributed by atoms with E-state index in [0.29, 0.717) is 25.9 Å². The average Bonchev–Trinajstić information content (AvgIpc) is 3.10. The number of aryl methyl sites for hydroxylation is 1. The molecule has 2 aliphatic heterocycles. The summed E-state index contributed by atoms with van der Waals surface area (Å²) in [7, 11) is 1.64. The van der Waals surface area contributed by atoms with E-state index in [1.807, 2.05) is 55.5 Å². The molecule has 6 nitrogen and oxygen atoms in total. The zero-order valence-corrected chi connectivity index (χ0v) is 17.0. The number of cyclic esters (lactones) is 1. The first-order chi connectivity index (χ1) is 14.0. The third kappa shape index (κ3) is 4.23. The zero-order chi connectivity index (χ0) is 20.4. The maximum absolute atomic E-state index is 12.3. The number of hydrogen-bond acceptors (Lipinski definition) is 5. The molecule has 6 heteroatoms. The van der Waals surface area contributed by atoms with E-state index in [4.69, 9.17) is 9.47 Å². The largest absolute Gasteiger partial charge is 0.497 e. The molecule has 1 amide bonds. The van der Waals surface area contributed by atoms with Crippen molar-refractivity contribution in [2.24, 2.45) is 0 Å². The van der Waals surface area contributed by atoms with Crippen LogP contribution >= 0.6 is 0 Å². The molecule has 4 rings (SSSR count). The van der Waals surface area contributed by atoms with Crippen LogP contribution in [0.1, 0.15) is 24.0 Å². The van der Waals surface area contributed by atoms with Gasteiger partial charge in [-0.05, 0) is 55.2 Å². The molecular weight excluding hydrogens is 368 g/mol. The molecule has 2 fully saturated rings. The van der Waals surface area contributed by atoms with Gasteiger partial charge in [-0.15, -0.1) is 0 Å². The second-order valence-corrected chi connectivity index (χ2v) is 8.02. The summed E-state index contributed by atoms with van der Waals surface area (Å²) >= 11 is 0. The summed E-state index contributed by atoms with van der Waals surface area (Å²) in [6, 6.07) is 15.6. The summed E-state index contributed by atoms with van der Waals surface area (Å²) in [4.78, 5) is 16.3. The number of aliphatic hydroxyl groups is 1. The van der Waals surface area contributed by atoms with E-state index in [9.17, 15) is 9.90 Å². The molecule has 2 heterocycles. The average molecular weight is 396 g/mol. The van der Waals surface area contributed by atoms with E-state index in [2.05, 4.69) is 4.90 Å². The molecule has 2 aromatic rings. The molecule has 0 saturated carbocycles. The van der Waals surface area contributed by atoms with Crippen molar-refractivity contribution in [3.63, 3.8) is 0 Å². The molecule has 1 atom stereocenters. The van der Waals surface area contributed by atoms with E-state index in [1.54, 1.807) is 12.0 Å². The van der Waals surface area contributed by atoms with Crippen LogP contribution in [0.15, 0.2) is 48.5 Å². The quantitative estimate of drug-likeness (QED) is 0.840. The van der Waals surface area contributed by atoms with Crippen molar-refractivity contribution in [1.29, 1.82) is 0 Å². The number of carbonyl (C=O) groups excluding carboxylic acids is 1. The van der Waals surface area contributed by atoms with Gasteiger partial charge in [-0.2, -0.15) is 0 Å². The van der Waals surface area contributed by atoms with E-state index in [0.717, 1.165) is 35.7 Å². The molecule has 154 valence electrons. The molecular formula is C23H28N2O4. The van der Waals surface area contributed by atoms with Crippen LogP contribution in [0.3, 0.4) is 0 Å². The van der Waals surface area contributed by atoms with Gasteiger partial charge in [0.1, 0.15) is 11.9 Å². The Labute approximate surface area is 171 Å². The molecule has 0 aromatic heterocycles. The van der Waals surface area contributed by atoms with Gasteiger partial charge in [0.05, 0.1) is 19.3 Å². The highest BCUT2D eigenvalue weighted by molar-refractivity contribution is 5.89. The first-order valence-electron chi connectivity index (χ1n) is 10.1. The molecule has 1 N–H and O–H groups in total. The summed E-state index contributed by atoms with van der Waals surface area (Å²) in [6.07, 6.45) is 0.867. The highest BCUT2D eigenvalue weighted by Crippen LogP contribution is 2.34. The summed E-state index contributed by atoms with van der Waals surface area (Å²) < 4.78 is 10.8. The third-order valence-corrected chi connectivity index (χ3v) is 5.96. The Balaban J connectivity index is 1.33. The molecule has 2 aliphatic rings. The predicted molar refractivity (Wildman–Crippen MR) is 111 cm³/mol. The topological polar surface area (TPSA) is 62.2 Å². The minimum atomic E-state index is -0.817. The molecule has 2 saturated heterocycles. The van der Waals surface area contributed by atoms with Gasteiger partial charge >= 0.3 is 6.09 Å². The van der Waals surface area contributed by atoms with Crippen LogP contribution in [0.5, 0.6) is 5.75 Å². The number of nitrogens with zero attached hydrogens (tertiary/aromatic N) is 2. The second kappa shape index (κ2) is 8.05. The van der Waals surface area contributed by atoms with E-state index >= 15 is 0 Å². The van der Waals surface area contributed by atoms with Gasteiger partial charge < -0.3 is 14.6 Å². The molecule has 29 heavy (non-hydrogen) atoms. The Hall–Kier alpha value is -2.57. The van der Waals surface area contributed by atoms with Crippen molar-refractivity contribution in [2.75, 3.05) is 38.2 Å². The van der Waals surface area contributed by atoms with Gasteiger partial charge in [-0.1, -0.05) is 24.3 Å². The summed E-state index contributed by atoms with van der Waals surface area (Å²) in [6.45, 7) is 4.79. The highest BCUT2D eigenvalue weighted by atomic mass is 16.6. The Morgan fingerprint density at radius 2 is 1.90 bits per heavy atom. The Morgan fingerprint density at radius 3 is 2.55 bits per heavy atom. The molecule has 2 aromatic carbocycles. The van der Waals surface area contributed by atoms with Crippen LogP contribution < -0.4 is 9.64 Å². The van der Waals surface area contributed by atoms with Gasteiger partial charge in [-0.3, -0.25) is 9.80 Å². The standard InChI is InChI=1S/C23H28N2O4/c1-17-4-3-5-19(14-17)25-16-21(29-22(25)26)15-24-12-10-23(27,11-13-24)18-6-8-20(28-2)9-7-18/h3-9,14,21,27H,10-13,15-16H2,1-2H3. The highest BCUT2D eigenvalue weighted by Gasteiger charge is 2.37. The third-order valence-electron chi connectivity index (χ3n) is 5.96. The predicted octanol–water partition coefficient (Wildman–Crippen LogP) is 3.31. The molecule has 0 aliphatic carbocycles. The van der Waals surface area contributed by atoms with Crippen LogP contribution in [-0.2, 0) is 10.3 Å². The lowest BCUT2D eigenvalue weighted by molar-refractivity contribution is -0.0325. The fraction of sp³-hybridized carbons (Fsp3) is 0.435. The van der Waals surface area contributed by atoms with Crippen molar-refractivity contribution >= 4 is 11.8 Å². The number of rotatable bonds is 5. The number of benzene rings is 2. The molecule has 1 unspecified atom stereocenters. The number of piperidine rings is 1.